The number of carbonyl (C=O) groups excluding carboxylic acids is 1. The minimum atomic E-state index is -1.14. The van der Waals surface area contributed by atoms with E-state index in [1.807, 2.05) is 0 Å². The molecule has 7 heteroatoms. The van der Waals surface area contributed by atoms with E-state index in [1.54, 1.807) is 34.6 Å². The number of thiazole rings is 1. The van der Waals surface area contributed by atoms with Crippen molar-refractivity contribution in [3.63, 3.8) is 0 Å². The average molecular weight is 287 g/mol. The van der Waals surface area contributed by atoms with E-state index in [-0.39, 0.29) is 6.54 Å². The number of nitrogens with one attached hydrogen (secondary N) is 1. The van der Waals surface area contributed by atoms with E-state index in [0.29, 0.717) is 15.7 Å². The maximum Gasteiger partial charge on any atom is 0.413 e. The van der Waals surface area contributed by atoms with Crippen LogP contribution in [0.15, 0.2) is 0 Å². The molecule has 0 aromatic carbocycles. The number of aryl methyl sites for hydroxylation is 1. The maximum atomic E-state index is 11.6. The molecule has 108 valence electrons. The van der Waals surface area contributed by atoms with Crippen LogP contribution in [0.2, 0.25) is 0 Å². The number of hydrogen-bond acceptors (Lipinski definition) is 6. The second-order valence-electron chi connectivity index (χ2n) is 5.54. The van der Waals surface area contributed by atoms with Crippen molar-refractivity contribution in [1.82, 2.24) is 4.98 Å². The molecule has 6 nitrogen and oxygen atoms in total. The first-order valence-corrected chi connectivity index (χ1v) is 6.77. The molecule has 0 aliphatic rings. The molecule has 1 unspecified atom stereocenters. The average Bonchev–Trinajstić information content (AvgIpc) is 2.57. The molecular weight excluding hydrogens is 266 g/mol. The van der Waals surface area contributed by atoms with Crippen molar-refractivity contribution in [1.29, 1.82) is 0 Å². The van der Waals surface area contributed by atoms with Crippen molar-refractivity contribution in [2.75, 3.05) is 11.9 Å². The number of rotatable bonds is 3. The Hall–Kier alpha value is -1.18. The molecule has 0 bridgehead atoms. The Morgan fingerprint density at radius 3 is 2.53 bits per heavy atom. The fourth-order valence-corrected chi connectivity index (χ4v) is 2.44. The highest BCUT2D eigenvalue weighted by Crippen LogP contribution is 2.31. The normalized spacial score (nSPS) is 14.9. The lowest BCUT2D eigenvalue weighted by Gasteiger charge is -2.19. The van der Waals surface area contributed by atoms with E-state index in [2.05, 4.69) is 10.3 Å². The third-order valence-electron chi connectivity index (χ3n) is 2.29. The van der Waals surface area contributed by atoms with Crippen LogP contribution >= 0.6 is 11.3 Å². The Kier molecular flexibility index (Phi) is 4.54. The highest BCUT2D eigenvalue weighted by atomic mass is 32.1. The van der Waals surface area contributed by atoms with Gasteiger partial charge in [0.05, 0.1) is 10.6 Å². The van der Waals surface area contributed by atoms with Crippen molar-refractivity contribution in [2.45, 2.75) is 45.8 Å². The first-order chi connectivity index (χ1) is 8.55. The van der Waals surface area contributed by atoms with Gasteiger partial charge >= 0.3 is 6.09 Å². The van der Waals surface area contributed by atoms with Gasteiger partial charge in [-0.3, -0.25) is 5.32 Å². The predicted molar refractivity (Wildman–Crippen MR) is 75.3 cm³/mol. The Morgan fingerprint density at radius 1 is 1.47 bits per heavy atom. The van der Waals surface area contributed by atoms with Gasteiger partial charge in [-0.25, -0.2) is 9.78 Å². The van der Waals surface area contributed by atoms with Crippen molar-refractivity contribution in [2.24, 2.45) is 5.73 Å². The number of amides is 1. The van der Waals surface area contributed by atoms with Crippen LogP contribution in [0.4, 0.5) is 9.93 Å². The second kappa shape index (κ2) is 5.44. The summed E-state index contributed by atoms with van der Waals surface area (Å²) in [5.41, 5.74) is 4.45. The molecule has 1 rings (SSSR count). The van der Waals surface area contributed by atoms with Gasteiger partial charge in [-0.1, -0.05) is 11.3 Å². The van der Waals surface area contributed by atoms with Crippen LogP contribution in [-0.2, 0) is 10.3 Å². The number of nitrogens with zero attached hydrogens (tertiary/aromatic N) is 1. The van der Waals surface area contributed by atoms with Gasteiger partial charge in [-0.15, -0.1) is 0 Å². The summed E-state index contributed by atoms with van der Waals surface area (Å²) in [7, 11) is 0. The number of ether oxygens (including phenoxy) is 1. The van der Waals surface area contributed by atoms with Crippen molar-refractivity contribution in [3.05, 3.63) is 10.6 Å². The summed E-state index contributed by atoms with van der Waals surface area (Å²) in [5, 5.41) is 13.0. The lowest BCUT2D eigenvalue weighted by Crippen LogP contribution is -2.30. The summed E-state index contributed by atoms with van der Waals surface area (Å²) < 4.78 is 5.13. The Balaban J connectivity index is 2.83. The SMILES string of the molecule is Cc1nc(NC(=O)OC(C)(C)C)sc1C(C)(O)CN. The standard InChI is InChI=1S/C12H21N3O3S/c1-7-8(12(5,17)6-13)19-9(14-7)15-10(16)18-11(2,3)4/h17H,6,13H2,1-5H3,(H,14,15,16). The molecule has 0 spiro atoms. The number of aliphatic hydroxyl groups is 1. The van der Waals surface area contributed by atoms with Gasteiger partial charge in [0.1, 0.15) is 11.2 Å². The summed E-state index contributed by atoms with van der Waals surface area (Å²) in [6, 6.07) is 0. The van der Waals surface area contributed by atoms with Crippen molar-refractivity contribution >= 4 is 22.6 Å². The van der Waals surface area contributed by atoms with E-state index < -0.39 is 17.3 Å². The minimum absolute atomic E-state index is 0.0852. The quantitative estimate of drug-likeness (QED) is 0.789. The van der Waals surface area contributed by atoms with Crippen molar-refractivity contribution < 1.29 is 14.6 Å². The predicted octanol–water partition coefficient (Wildman–Crippen LogP) is 1.96. The van der Waals surface area contributed by atoms with Crippen LogP contribution < -0.4 is 11.1 Å². The van der Waals surface area contributed by atoms with Crippen LogP contribution in [0.1, 0.15) is 38.3 Å². The van der Waals surface area contributed by atoms with E-state index in [1.165, 1.54) is 11.3 Å². The zero-order valence-corrected chi connectivity index (χ0v) is 12.7. The van der Waals surface area contributed by atoms with Crippen LogP contribution in [0, 0.1) is 6.92 Å². The molecule has 0 saturated carbocycles. The molecule has 1 amide bonds. The summed E-state index contributed by atoms with van der Waals surface area (Å²) in [4.78, 5) is 16.4. The Labute approximate surface area is 117 Å². The van der Waals surface area contributed by atoms with E-state index >= 15 is 0 Å². The van der Waals surface area contributed by atoms with Gasteiger partial charge in [-0.2, -0.15) is 0 Å². The van der Waals surface area contributed by atoms with Gasteiger partial charge in [0, 0.05) is 6.54 Å². The van der Waals surface area contributed by atoms with E-state index in [9.17, 15) is 9.90 Å². The lowest BCUT2D eigenvalue weighted by molar-refractivity contribution is 0.0635. The Morgan fingerprint density at radius 2 is 2.05 bits per heavy atom. The van der Waals surface area contributed by atoms with Gasteiger partial charge in [0.25, 0.3) is 0 Å². The molecule has 19 heavy (non-hydrogen) atoms. The first-order valence-electron chi connectivity index (χ1n) is 5.95. The maximum absolute atomic E-state index is 11.6. The lowest BCUT2D eigenvalue weighted by atomic mass is 10.0. The molecule has 0 aliphatic heterocycles. The minimum Gasteiger partial charge on any atom is -0.444 e. The summed E-state index contributed by atoms with van der Waals surface area (Å²) in [6.45, 7) is 8.81. The smallest absolute Gasteiger partial charge is 0.413 e. The molecule has 1 aromatic rings. The molecule has 4 N–H and O–H groups in total. The molecule has 1 aromatic heterocycles. The summed E-state index contributed by atoms with van der Waals surface area (Å²) in [5.74, 6) is 0. The first kappa shape index (κ1) is 15.9. The number of carbonyl (C=O) groups is 1. The highest BCUT2D eigenvalue weighted by molar-refractivity contribution is 7.16. The molecule has 0 aliphatic carbocycles. The summed E-state index contributed by atoms with van der Waals surface area (Å²) >= 11 is 1.19. The fraction of sp³-hybridized carbons (Fsp3) is 0.667. The third-order valence-corrected chi connectivity index (χ3v) is 3.62. The second-order valence-corrected chi connectivity index (χ2v) is 6.54. The van der Waals surface area contributed by atoms with Crippen molar-refractivity contribution in [3.8, 4) is 0 Å². The van der Waals surface area contributed by atoms with Gasteiger partial charge in [-0.05, 0) is 34.6 Å². The molecular formula is C12H21N3O3S. The third kappa shape index (κ3) is 4.45. The number of anilines is 1. The van der Waals surface area contributed by atoms with E-state index in [0.717, 1.165) is 0 Å². The number of nitrogens with two attached hydrogens (primary N) is 1. The zero-order valence-electron chi connectivity index (χ0n) is 11.9. The van der Waals surface area contributed by atoms with Gasteiger partial charge in [0.2, 0.25) is 0 Å². The highest BCUT2D eigenvalue weighted by Gasteiger charge is 2.27. The summed E-state index contributed by atoms with van der Waals surface area (Å²) in [6.07, 6.45) is -0.569. The monoisotopic (exact) mass is 287 g/mol. The fourth-order valence-electron chi connectivity index (χ4n) is 1.43. The van der Waals surface area contributed by atoms with Gasteiger partial charge < -0.3 is 15.6 Å². The zero-order chi connectivity index (χ0) is 14.8. The van der Waals surface area contributed by atoms with Gasteiger partial charge in [0.15, 0.2) is 5.13 Å². The van der Waals surface area contributed by atoms with E-state index in [4.69, 9.17) is 10.5 Å². The largest absolute Gasteiger partial charge is 0.444 e. The number of aromatic nitrogens is 1. The van der Waals surface area contributed by atoms with Crippen LogP contribution in [0.25, 0.3) is 0 Å². The number of hydrogen-bond donors (Lipinski definition) is 3. The molecule has 0 fully saturated rings. The topological polar surface area (TPSA) is 97.5 Å². The molecule has 0 radical (unpaired) electrons. The van der Waals surface area contributed by atoms with Crippen LogP contribution in [0.3, 0.4) is 0 Å². The van der Waals surface area contributed by atoms with Crippen LogP contribution in [-0.4, -0.2) is 28.3 Å². The van der Waals surface area contributed by atoms with Crippen LogP contribution in [0.5, 0.6) is 0 Å². The molecule has 1 heterocycles. The Bertz CT molecular complexity index is 463. The molecule has 0 saturated heterocycles. The molecule has 1 atom stereocenters.